The third-order valence-electron chi connectivity index (χ3n) is 2.48. The fourth-order valence-electron chi connectivity index (χ4n) is 1.61. The largest absolute Gasteiger partial charge is 0.357 e. The van der Waals surface area contributed by atoms with Crippen LogP contribution in [0.4, 0.5) is 5.69 Å². The van der Waals surface area contributed by atoms with Gasteiger partial charge in [0.05, 0.1) is 0 Å². The molecule has 0 saturated carbocycles. The summed E-state index contributed by atoms with van der Waals surface area (Å²) in [6, 6.07) is 6.20. The normalized spacial score (nSPS) is 11.1. The van der Waals surface area contributed by atoms with Gasteiger partial charge in [-0.15, -0.1) is 0 Å². The van der Waals surface area contributed by atoms with E-state index in [2.05, 4.69) is 20.7 Å². The highest BCUT2D eigenvalue weighted by molar-refractivity contribution is 5.86. The van der Waals surface area contributed by atoms with E-state index in [-0.39, 0.29) is 11.8 Å². The standard InChI is InChI=1S/C12H15N5O2/c1-8(18)15-11(12(19)14-2)7-9-3-5-10(6-4-9)16-17-13/h3-6,11H,7H2,1-2H3,(H,14,19)(H,15,18)/t11-/m0/s1. The molecule has 0 spiro atoms. The summed E-state index contributed by atoms with van der Waals surface area (Å²) in [6.45, 7) is 1.36. The minimum Gasteiger partial charge on any atom is -0.357 e. The monoisotopic (exact) mass is 261 g/mol. The fourth-order valence-corrected chi connectivity index (χ4v) is 1.61. The molecule has 0 aliphatic carbocycles. The van der Waals surface area contributed by atoms with Gasteiger partial charge in [-0.2, -0.15) is 0 Å². The maximum Gasteiger partial charge on any atom is 0.242 e. The summed E-state index contributed by atoms with van der Waals surface area (Å²) in [6.07, 6.45) is 0.371. The first kappa shape index (κ1) is 14.5. The highest BCUT2D eigenvalue weighted by Crippen LogP contribution is 2.14. The summed E-state index contributed by atoms with van der Waals surface area (Å²) >= 11 is 0. The molecule has 19 heavy (non-hydrogen) atoms. The van der Waals surface area contributed by atoms with Crippen LogP contribution in [0.5, 0.6) is 0 Å². The second-order valence-corrected chi connectivity index (χ2v) is 3.93. The van der Waals surface area contributed by atoms with Gasteiger partial charge in [-0.3, -0.25) is 9.59 Å². The molecule has 1 rings (SSSR count). The average molecular weight is 261 g/mol. The number of rotatable bonds is 5. The van der Waals surface area contributed by atoms with Crippen LogP contribution in [-0.2, 0) is 16.0 Å². The quantitative estimate of drug-likeness (QED) is 0.475. The molecule has 0 heterocycles. The molecule has 7 nitrogen and oxygen atoms in total. The maximum absolute atomic E-state index is 11.6. The van der Waals surface area contributed by atoms with Crippen LogP contribution in [0, 0.1) is 0 Å². The molecule has 0 saturated heterocycles. The molecule has 0 aliphatic rings. The fraction of sp³-hybridized carbons (Fsp3) is 0.333. The molecule has 0 aliphatic heterocycles. The Hall–Kier alpha value is -2.53. The van der Waals surface area contributed by atoms with E-state index < -0.39 is 6.04 Å². The Bertz CT molecular complexity index is 505. The molecule has 7 heteroatoms. The van der Waals surface area contributed by atoms with Crippen molar-refractivity contribution in [3.05, 3.63) is 40.3 Å². The molecule has 0 fully saturated rings. The second kappa shape index (κ2) is 7.03. The van der Waals surface area contributed by atoms with Gasteiger partial charge >= 0.3 is 0 Å². The van der Waals surface area contributed by atoms with Gasteiger partial charge in [-0.25, -0.2) is 0 Å². The van der Waals surface area contributed by atoms with Crippen molar-refractivity contribution in [3.63, 3.8) is 0 Å². The summed E-state index contributed by atoms with van der Waals surface area (Å²) in [7, 11) is 1.52. The smallest absolute Gasteiger partial charge is 0.242 e. The van der Waals surface area contributed by atoms with E-state index in [0.29, 0.717) is 12.1 Å². The van der Waals surface area contributed by atoms with Crippen LogP contribution in [0.3, 0.4) is 0 Å². The number of carbonyl (C=O) groups excluding carboxylic acids is 2. The number of hydrogen-bond donors (Lipinski definition) is 2. The van der Waals surface area contributed by atoms with Crippen LogP contribution in [0.15, 0.2) is 29.4 Å². The average Bonchev–Trinajstić information content (AvgIpc) is 2.39. The zero-order chi connectivity index (χ0) is 14.3. The van der Waals surface area contributed by atoms with E-state index in [9.17, 15) is 9.59 Å². The minimum absolute atomic E-state index is 0.255. The van der Waals surface area contributed by atoms with Gasteiger partial charge in [0, 0.05) is 31.0 Å². The zero-order valence-corrected chi connectivity index (χ0v) is 10.8. The van der Waals surface area contributed by atoms with Gasteiger partial charge in [-0.05, 0) is 11.1 Å². The number of carbonyl (C=O) groups is 2. The number of nitrogens with one attached hydrogen (secondary N) is 2. The van der Waals surface area contributed by atoms with Crippen molar-refractivity contribution in [2.45, 2.75) is 19.4 Å². The molecule has 2 amide bonds. The molecular weight excluding hydrogens is 246 g/mol. The Labute approximate surface area is 110 Å². The highest BCUT2D eigenvalue weighted by atomic mass is 16.2. The van der Waals surface area contributed by atoms with Crippen molar-refractivity contribution in [3.8, 4) is 0 Å². The van der Waals surface area contributed by atoms with Crippen molar-refractivity contribution in [1.29, 1.82) is 0 Å². The van der Waals surface area contributed by atoms with Crippen LogP contribution in [0.2, 0.25) is 0 Å². The van der Waals surface area contributed by atoms with Gasteiger partial charge < -0.3 is 10.6 Å². The lowest BCUT2D eigenvalue weighted by atomic mass is 10.0. The van der Waals surface area contributed by atoms with Crippen molar-refractivity contribution in [1.82, 2.24) is 10.6 Å². The van der Waals surface area contributed by atoms with E-state index in [1.165, 1.54) is 14.0 Å². The Balaban J connectivity index is 2.80. The van der Waals surface area contributed by atoms with E-state index in [0.717, 1.165) is 5.56 Å². The van der Waals surface area contributed by atoms with Gasteiger partial charge in [-0.1, -0.05) is 29.4 Å². The summed E-state index contributed by atoms with van der Waals surface area (Å²) in [5.41, 5.74) is 9.66. The molecule has 0 aromatic heterocycles. The van der Waals surface area contributed by atoms with E-state index >= 15 is 0 Å². The van der Waals surface area contributed by atoms with Gasteiger partial charge in [0.15, 0.2) is 0 Å². The summed E-state index contributed by atoms with van der Waals surface area (Å²) < 4.78 is 0. The third kappa shape index (κ3) is 4.69. The number of amides is 2. The first-order valence-electron chi connectivity index (χ1n) is 5.69. The number of azide groups is 1. The van der Waals surface area contributed by atoms with Crippen LogP contribution >= 0.6 is 0 Å². The summed E-state index contributed by atoms with van der Waals surface area (Å²) in [5, 5.41) is 8.55. The van der Waals surface area contributed by atoms with Crippen LogP contribution in [0.25, 0.3) is 10.4 Å². The van der Waals surface area contributed by atoms with E-state index in [4.69, 9.17) is 5.53 Å². The number of nitrogens with zero attached hydrogens (tertiary/aromatic N) is 3. The molecule has 0 unspecified atom stereocenters. The SMILES string of the molecule is CNC(=O)[C@H](Cc1ccc(N=[N+]=[N-])cc1)NC(C)=O. The number of hydrogen-bond acceptors (Lipinski definition) is 3. The third-order valence-corrected chi connectivity index (χ3v) is 2.48. The molecule has 1 atom stereocenters. The molecular formula is C12H15N5O2. The second-order valence-electron chi connectivity index (χ2n) is 3.93. The number of likely N-dealkylation sites (N-methyl/N-ethyl adjacent to an activating group) is 1. The zero-order valence-electron chi connectivity index (χ0n) is 10.8. The lowest BCUT2D eigenvalue weighted by Crippen LogP contribution is -2.46. The molecule has 0 radical (unpaired) electrons. The predicted molar refractivity (Wildman–Crippen MR) is 70.6 cm³/mol. The first-order chi connectivity index (χ1) is 9.06. The highest BCUT2D eigenvalue weighted by Gasteiger charge is 2.18. The van der Waals surface area contributed by atoms with Gasteiger partial charge in [0.2, 0.25) is 11.8 Å². The Morgan fingerprint density at radius 3 is 2.47 bits per heavy atom. The first-order valence-corrected chi connectivity index (χ1v) is 5.69. The molecule has 1 aromatic rings. The van der Waals surface area contributed by atoms with Crippen LogP contribution in [-0.4, -0.2) is 24.9 Å². The predicted octanol–water partition coefficient (Wildman–Crippen LogP) is 1.42. The summed E-state index contributed by atoms with van der Waals surface area (Å²) in [5.74, 6) is -0.520. The lowest BCUT2D eigenvalue weighted by Gasteiger charge is -2.16. The molecule has 0 bridgehead atoms. The van der Waals surface area contributed by atoms with Crippen LogP contribution < -0.4 is 10.6 Å². The summed E-state index contributed by atoms with van der Waals surface area (Å²) in [4.78, 5) is 25.4. The van der Waals surface area contributed by atoms with Crippen molar-refractivity contribution in [2.75, 3.05) is 7.05 Å². The maximum atomic E-state index is 11.6. The van der Waals surface area contributed by atoms with Crippen molar-refractivity contribution >= 4 is 17.5 Å². The Morgan fingerprint density at radius 2 is 2.00 bits per heavy atom. The molecule has 1 aromatic carbocycles. The minimum atomic E-state index is -0.618. The Morgan fingerprint density at radius 1 is 1.37 bits per heavy atom. The molecule has 100 valence electrons. The topological polar surface area (TPSA) is 107 Å². The number of benzene rings is 1. The molecule has 2 N–H and O–H groups in total. The van der Waals surface area contributed by atoms with Gasteiger partial charge in [0.25, 0.3) is 0 Å². The lowest BCUT2D eigenvalue weighted by molar-refractivity contribution is -0.127. The Kier molecular flexibility index (Phi) is 5.37. The van der Waals surface area contributed by atoms with Gasteiger partial charge in [0.1, 0.15) is 6.04 Å². The van der Waals surface area contributed by atoms with E-state index in [1.54, 1.807) is 24.3 Å². The van der Waals surface area contributed by atoms with Crippen molar-refractivity contribution in [2.24, 2.45) is 5.11 Å². The van der Waals surface area contributed by atoms with Crippen molar-refractivity contribution < 1.29 is 9.59 Å². The van der Waals surface area contributed by atoms with E-state index in [1.807, 2.05) is 0 Å². The van der Waals surface area contributed by atoms with Crippen LogP contribution in [0.1, 0.15) is 12.5 Å².